The maximum Gasteiger partial charge on any atom is 0.0930 e. The Hall–Kier alpha value is -0.240. The summed E-state index contributed by atoms with van der Waals surface area (Å²) in [4.78, 5) is 0. The minimum absolute atomic E-state index is 0.192. The summed E-state index contributed by atoms with van der Waals surface area (Å²) < 4.78 is 6.67. The number of allylic oxidation sites excluding steroid dienone is 4. The van der Waals surface area contributed by atoms with Crippen LogP contribution in [0.1, 0.15) is 26.7 Å². The Labute approximate surface area is 88.0 Å². The molecule has 2 unspecified atom stereocenters. The van der Waals surface area contributed by atoms with Gasteiger partial charge < -0.3 is 4.74 Å². The van der Waals surface area contributed by atoms with Crippen LogP contribution in [0.15, 0.2) is 22.4 Å². The first-order valence-electron chi connectivity index (χ1n) is 4.62. The molecule has 0 aromatic carbocycles. The van der Waals surface area contributed by atoms with Crippen molar-refractivity contribution < 1.29 is 4.74 Å². The Morgan fingerprint density at radius 1 is 1.31 bits per heavy atom. The second-order valence-electron chi connectivity index (χ2n) is 4.60. The van der Waals surface area contributed by atoms with E-state index in [1.807, 2.05) is 0 Å². The number of rotatable bonds is 1. The van der Waals surface area contributed by atoms with Crippen molar-refractivity contribution in [3.05, 3.63) is 22.4 Å². The van der Waals surface area contributed by atoms with Crippen LogP contribution in [0.5, 0.6) is 0 Å². The van der Waals surface area contributed by atoms with E-state index < -0.39 is 0 Å². The lowest BCUT2D eigenvalue weighted by atomic mass is 9.70. The SMILES string of the molecule is COC1=CC2(C)C=C(Br)CC2(C)C1. The highest BCUT2D eigenvalue weighted by Crippen LogP contribution is 2.60. The quantitative estimate of drug-likeness (QED) is 0.683. The van der Waals surface area contributed by atoms with Gasteiger partial charge in [-0.2, -0.15) is 0 Å². The van der Waals surface area contributed by atoms with Gasteiger partial charge in [0, 0.05) is 11.8 Å². The number of halogens is 1. The molecule has 0 saturated carbocycles. The summed E-state index contributed by atoms with van der Waals surface area (Å²) in [5.74, 6) is 1.14. The van der Waals surface area contributed by atoms with E-state index in [2.05, 4.69) is 41.9 Å². The first-order valence-corrected chi connectivity index (χ1v) is 5.41. The van der Waals surface area contributed by atoms with E-state index in [1.54, 1.807) is 7.11 Å². The molecule has 0 bridgehead atoms. The molecule has 2 aliphatic carbocycles. The molecule has 2 heteroatoms. The zero-order chi connectivity index (χ0) is 9.69. The van der Waals surface area contributed by atoms with Crippen LogP contribution < -0.4 is 0 Å². The summed E-state index contributed by atoms with van der Waals surface area (Å²) in [5.41, 5.74) is 0.522. The fraction of sp³-hybridized carbons (Fsp3) is 0.636. The van der Waals surface area contributed by atoms with Gasteiger partial charge in [-0.15, -0.1) is 0 Å². The first-order chi connectivity index (χ1) is 5.99. The van der Waals surface area contributed by atoms with Crippen LogP contribution in [0.25, 0.3) is 0 Å². The maximum atomic E-state index is 5.33. The van der Waals surface area contributed by atoms with Crippen molar-refractivity contribution in [2.75, 3.05) is 7.11 Å². The van der Waals surface area contributed by atoms with Crippen molar-refractivity contribution in [2.45, 2.75) is 26.7 Å². The van der Waals surface area contributed by atoms with E-state index in [0.717, 1.165) is 18.6 Å². The largest absolute Gasteiger partial charge is 0.501 e. The van der Waals surface area contributed by atoms with Crippen LogP contribution in [-0.2, 0) is 4.74 Å². The molecule has 0 aromatic rings. The van der Waals surface area contributed by atoms with Crippen molar-refractivity contribution in [1.29, 1.82) is 0 Å². The van der Waals surface area contributed by atoms with E-state index in [4.69, 9.17) is 4.74 Å². The summed E-state index contributed by atoms with van der Waals surface area (Å²) >= 11 is 3.60. The fourth-order valence-electron chi connectivity index (χ4n) is 2.48. The number of ether oxygens (including phenoxy) is 1. The minimum Gasteiger partial charge on any atom is -0.501 e. The molecule has 0 aromatic heterocycles. The van der Waals surface area contributed by atoms with Gasteiger partial charge >= 0.3 is 0 Å². The van der Waals surface area contributed by atoms with Gasteiger partial charge in [-0.1, -0.05) is 35.9 Å². The third kappa shape index (κ3) is 1.18. The number of hydrogen-bond acceptors (Lipinski definition) is 1. The molecular formula is C11H15BrO. The van der Waals surface area contributed by atoms with Gasteiger partial charge in [0.05, 0.1) is 12.9 Å². The van der Waals surface area contributed by atoms with Gasteiger partial charge in [0.2, 0.25) is 0 Å². The van der Waals surface area contributed by atoms with Gasteiger partial charge in [-0.25, -0.2) is 0 Å². The predicted molar refractivity (Wildman–Crippen MR) is 57.6 cm³/mol. The molecule has 2 rings (SSSR count). The average molecular weight is 243 g/mol. The fourth-order valence-corrected chi connectivity index (χ4v) is 3.58. The van der Waals surface area contributed by atoms with Crippen molar-refractivity contribution in [3.63, 3.8) is 0 Å². The standard InChI is InChI=1S/C11H15BrO/c1-10-4-8(12)5-11(10,2)7-9(6-10)13-3/h4,6H,5,7H2,1-3H3. The second kappa shape index (κ2) is 2.63. The maximum absolute atomic E-state index is 5.33. The average Bonchev–Trinajstić information content (AvgIpc) is 2.33. The third-order valence-corrected chi connectivity index (χ3v) is 4.11. The Kier molecular flexibility index (Phi) is 1.88. The smallest absolute Gasteiger partial charge is 0.0930 e. The lowest BCUT2D eigenvalue weighted by Gasteiger charge is -2.32. The van der Waals surface area contributed by atoms with Gasteiger partial charge in [-0.05, 0) is 22.4 Å². The lowest BCUT2D eigenvalue weighted by Crippen LogP contribution is -2.26. The van der Waals surface area contributed by atoms with Crippen LogP contribution >= 0.6 is 15.9 Å². The number of methoxy groups -OCH3 is 1. The van der Waals surface area contributed by atoms with Gasteiger partial charge in [0.25, 0.3) is 0 Å². The van der Waals surface area contributed by atoms with E-state index in [0.29, 0.717) is 5.41 Å². The zero-order valence-electron chi connectivity index (χ0n) is 8.36. The van der Waals surface area contributed by atoms with Crippen LogP contribution in [0.4, 0.5) is 0 Å². The summed E-state index contributed by atoms with van der Waals surface area (Å²) in [5, 5.41) is 0. The summed E-state index contributed by atoms with van der Waals surface area (Å²) in [6, 6.07) is 0. The Balaban J connectivity index is 2.39. The summed E-state index contributed by atoms with van der Waals surface area (Å²) in [7, 11) is 1.76. The second-order valence-corrected chi connectivity index (χ2v) is 5.62. The van der Waals surface area contributed by atoms with Gasteiger partial charge in [-0.3, -0.25) is 0 Å². The highest BCUT2D eigenvalue weighted by atomic mass is 79.9. The van der Waals surface area contributed by atoms with Crippen LogP contribution in [0.2, 0.25) is 0 Å². The van der Waals surface area contributed by atoms with E-state index in [-0.39, 0.29) is 5.41 Å². The molecule has 2 aliphatic rings. The van der Waals surface area contributed by atoms with E-state index in [1.165, 1.54) is 4.48 Å². The topological polar surface area (TPSA) is 9.23 Å². The van der Waals surface area contributed by atoms with Crippen molar-refractivity contribution in [1.82, 2.24) is 0 Å². The minimum atomic E-state index is 0.192. The van der Waals surface area contributed by atoms with Gasteiger partial charge in [0.15, 0.2) is 0 Å². The zero-order valence-corrected chi connectivity index (χ0v) is 9.94. The number of hydrogen-bond donors (Lipinski definition) is 0. The van der Waals surface area contributed by atoms with Crippen molar-refractivity contribution in [3.8, 4) is 0 Å². The molecule has 1 nitrogen and oxygen atoms in total. The molecule has 0 N–H and O–H groups in total. The van der Waals surface area contributed by atoms with Crippen molar-refractivity contribution in [2.24, 2.45) is 10.8 Å². The van der Waals surface area contributed by atoms with Crippen molar-refractivity contribution >= 4 is 15.9 Å². The molecule has 0 radical (unpaired) electrons. The molecule has 0 aliphatic heterocycles. The molecule has 13 heavy (non-hydrogen) atoms. The molecule has 0 saturated heterocycles. The third-order valence-electron chi connectivity index (χ3n) is 3.60. The Bertz CT molecular complexity index is 305. The molecule has 0 heterocycles. The normalized spacial score (nSPS) is 42.8. The van der Waals surface area contributed by atoms with Gasteiger partial charge in [0.1, 0.15) is 0 Å². The molecule has 0 amide bonds. The molecule has 0 fully saturated rings. The highest BCUT2D eigenvalue weighted by Gasteiger charge is 2.51. The van der Waals surface area contributed by atoms with Crippen LogP contribution in [-0.4, -0.2) is 7.11 Å². The number of fused-ring (bicyclic) bond motifs is 1. The predicted octanol–water partition coefficient (Wildman–Crippen LogP) is 3.62. The monoisotopic (exact) mass is 242 g/mol. The highest BCUT2D eigenvalue weighted by molar-refractivity contribution is 9.11. The first kappa shape index (κ1) is 9.32. The summed E-state index contributed by atoms with van der Waals surface area (Å²) in [6.07, 6.45) is 6.78. The Morgan fingerprint density at radius 2 is 2.00 bits per heavy atom. The molecule has 72 valence electrons. The Morgan fingerprint density at radius 3 is 2.54 bits per heavy atom. The summed E-state index contributed by atoms with van der Waals surface area (Å²) in [6.45, 7) is 4.62. The lowest BCUT2D eigenvalue weighted by molar-refractivity contribution is 0.191. The van der Waals surface area contributed by atoms with Crippen LogP contribution in [0, 0.1) is 10.8 Å². The van der Waals surface area contributed by atoms with Crippen LogP contribution in [0.3, 0.4) is 0 Å². The van der Waals surface area contributed by atoms with E-state index in [9.17, 15) is 0 Å². The molecule has 2 atom stereocenters. The molecule has 0 spiro atoms. The molecular weight excluding hydrogens is 228 g/mol. The van der Waals surface area contributed by atoms with E-state index >= 15 is 0 Å².